The first-order valence-electron chi connectivity index (χ1n) is 8.27. The van der Waals surface area contributed by atoms with E-state index in [1.807, 2.05) is 18.2 Å². The lowest BCUT2D eigenvalue weighted by Crippen LogP contribution is -2.06. The van der Waals surface area contributed by atoms with Crippen molar-refractivity contribution in [3.8, 4) is 6.07 Å². The molecular formula is C21H15F3N2O2. The van der Waals surface area contributed by atoms with E-state index in [4.69, 9.17) is 0 Å². The number of para-hydroxylation sites is 1. The number of benzene rings is 2. The van der Waals surface area contributed by atoms with Crippen LogP contribution in [0.3, 0.4) is 0 Å². The number of fused-ring (bicyclic) bond motifs is 1. The Morgan fingerprint density at radius 3 is 2.64 bits per heavy atom. The van der Waals surface area contributed by atoms with Gasteiger partial charge in [-0.3, -0.25) is 0 Å². The van der Waals surface area contributed by atoms with E-state index in [1.165, 1.54) is 19.3 Å². The first-order chi connectivity index (χ1) is 13.3. The van der Waals surface area contributed by atoms with Crippen LogP contribution in [0.25, 0.3) is 17.0 Å². The summed E-state index contributed by atoms with van der Waals surface area (Å²) in [6, 6.07) is 14.2. The molecule has 0 unspecified atom stereocenters. The Labute approximate surface area is 159 Å². The standard InChI is InChI=1S/C21H15F3N2O2/c1-28-20(27)15(11-25)10-16-13-26(19-8-3-2-7-18(16)19)12-14-5-4-6-17(9-14)21(22,23)24/h2-10,13H,12H2,1H3. The number of carbonyl (C=O) groups is 1. The second kappa shape index (κ2) is 7.61. The van der Waals surface area contributed by atoms with E-state index in [0.717, 1.165) is 23.0 Å². The SMILES string of the molecule is COC(=O)C(C#N)=Cc1cn(Cc2cccc(C(F)(F)F)c2)c2ccccc12. The minimum Gasteiger partial charge on any atom is -0.465 e. The van der Waals surface area contributed by atoms with Crippen LogP contribution in [0.15, 0.2) is 60.3 Å². The van der Waals surface area contributed by atoms with E-state index in [0.29, 0.717) is 11.1 Å². The summed E-state index contributed by atoms with van der Waals surface area (Å²) in [5, 5.41) is 9.95. The van der Waals surface area contributed by atoms with Crippen LogP contribution in [-0.4, -0.2) is 17.6 Å². The number of nitriles is 1. The Hall–Kier alpha value is -3.53. The summed E-state index contributed by atoms with van der Waals surface area (Å²) in [5.74, 6) is -0.753. The number of aromatic nitrogens is 1. The number of alkyl halides is 3. The van der Waals surface area contributed by atoms with Crippen LogP contribution in [0.2, 0.25) is 0 Å². The molecule has 0 amide bonds. The average Bonchev–Trinajstić information content (AvgIpc) is 3.02. The lowest BCUT2D eigenvalue weighted by Gasteiger charge is -2.10. The number of carbonyl (C=O) groups excluding carboxylic acids is 1. The van der Waals surface area contributed by atoms with Gasteiger partial charge >= 0.3 is 12.1 Å². The van der Waals surface area contributed by atoms with Crippen molar-refractivity contribution >= 4 is 22.9 Å². The Bertz CT molecular complexity index is 1100. The summed E-state index contributed by atoms with van der Waals surface area (Å²) in [5.41, 5.74) is 0.987. The fraction of sp³-hybridized carbons (Fsp3) is 0.143. The zero-order chi connectivity index (χ0) is 20.3. The van der Waals surface area contributed by atoms with Crippen molar-refractivity contribution in [3.63, 3.8) is 0 Å². The molecule has 0 aliphatic rings. The third-order valence-electron chi connectivity index (χ3n) is 4.25. The van der Waals surface area contributed by atoms with Crippen molar-refractivity contribution in [1.82, 2.24) is 4.57 Å². The van der Waals surface area contributed by atoms with Crippen LogP contribution in [0, 0.1) is 11.3 Å². The molecule has 28 heavy (non-hydrogen) atoms. The Balaban J connectivity index is 2.06. The van der Waals surface area contributed by atoms with Gasteiger partial charge in [-0.1, -0.05) is 30.3 Å². The number of hydrogen-bond acceptors (Lipinski definition) is 3. The molecule has 7 heteroatoms. The zero-order valence-electron chi connectivity index (χ0n) is 14.8. The smallest absolute Gasteiger partial charge is 0.416 e. The third-order valence-corrected chi connectivity index (χ3v) is 4.25. The van der Waals surface area contributed by atoms with E-state index < -0.39 is 17.7 Å². The van der Waals surface area contributed by atoms with E-state index in [1.54, 1.807) is 29.0 Å². The highest BCUT2D eigenvalue weighted by Crippen LogP contribution is 2.30. The molecule has 0 atom stereocenters. The fourth-order valence-corrected chi connectivity index (χ4v) is 2.97. The van der Waals surface area contributed by atoms with Gasteiger partial charge in [0, 0.05) is 29.2 Å². The molecule has 3 rings (SSSR count). The normalized spacial score (nSPS) is 12.0. The molecule has 0 radical (unpaired) electrons. The van der Waals surface area contributed by atoms with Crippen molar-refractivity contribution in [2.75, 3.05) is 7.11 Å². The predicted molar refractivity (Wildman–Crippen MR) is 98.1 cm³/mol. The predicted octanol–water partition coefficient (Wildman–Crippen LogP) is 4.79. The molecule has 4 nitrogen and oxygen atoms in total. The van der Waals surface area contributed by atoms with Gasteiger partial charge in [-0.2, -0.15) is 18.4 Å². The summed E-state index contributed by atoms with van der Waals surface area (Å²) in [6.45, 7) is 0.207. The number of nitrogens with zero attached hydrogens (tertiary/aromatic N) is 2. The molecule has 0 fully saturated rings. The Morgan fingerprint density at radius 1 is 1.21 bits per heavy atom. The maximum atomic E-state index is 13.0. The van der Waals surface area contributed by atoms with Gasteiger partial charge in [-0.05, 0) is 29.8 Å². The van der Waals surface area contributed by atoms with Crippen molar-refractivity contribution in [2.24, 2.45) is 0 Å². The highest BCUT2D eigenvalue weighted by atomic mass is 19.4. The molecule has 1 aromatic heterocycles. The minimum atomic E-state index is -4.41. The third kappa shape index (κ3) is 3.91. The quantitative estimate of drug-likeness (QED) is 0.369. The molecule has 142 valence electrons. The van der Waals surface area contributed by atoms with Gasteiger partial charge in [-0.25, -0.2) is 4.79 Å². The second-order valence-electron chi connectivity index (χ2n) is 6.09. The van der Waals surface area contributed by atoms with Gasteiger partial charge < -0.3 is 9.30 Å². The van der Waals surface area contributed by atoms with Crippen LogP contribution < -0.4 is 0 Å². The van der Waals surface area contributed by atoms with E-state index in [-0.39, 0.29) is 12.1 Å². The highest BCUT2D eigenvalue weighted by molar-refractivity contribution is 6.01. The van der Waals surface area contributed by atoms with Gasteiger partial charge in [0.15, 0.2) is 0 Å². The monoisotopic (exact) mass is 384 g/mol. The molecule has 0 aliphatic carbocycles. The number of halogens is 3. The zero-order valence-corrected chi connectivity index (χ0v) is 14.8. The van der Waals surface area contributed by atoms with Gasteiger partial charge in [0.2, 0.25) is 0 Å². The molecule has 0 saturated heterocycles. The molecular weight excluding hydrogens is 369 g/mol. The fourth-order valence-electron chi connectivity index (χ4n) is 2.97. The van der Waals surface area contributed by atoms with E-state index in [9.17, 15) is 23.2 Å². The van der Waals surface area contributed by atoms with Crippen molar-refractivity contribution < 1.29 is 22.7 Å². The summed E-state index contributed by atoms with van der Waals surface area (Å²) in [7, 11) is 1.18. The molecule has 0 spiro atoms. The van der Waals surface area contributed by atoms with Gasteiger partial charge in [-0.15, -0.1) is 0 Å². The number of methoxy groups -OCH3 is 1. The Morgan fingerprint density at radius 2 is 1.96 bits per heavy atom. The lowest BCUT2D eigenvalue weighted by atomic mass is 10.1. The molecule has 0 saturated carbocycles. The van der Waals surface area contributed by atoms with Crippen LogP contribution in [-0.2, 0) is 22.3 Å². The molecule has 2 aromatic carbocycles. The molecule has 0 bridgehead atoms. The Kier molecular flexibility index (Phi) is 5.23. The van der Waals surface area contributed by atoms with Crippen LogP contribution >= 0.6 is 0 Å². The summed E-state index contributed by atoms with van der Waals surface area (Å²) < 4.78 is 45.3. The average molecular weight is 384 g/mol. The maximum Gasteiger partial charge on any atom is 0.416 e. The van der Waals surface area contributed by atoms with Crippen LogP contribution in [0.1, 0.15) is 16.7 Å². The molecule has 0 aliphatic heterocycles. The first-order valence-corrected chi connectivity index (χ1v) is 8.27. The minimum absolute atomic E-state index is 0.163. The van der Waals surface area contributed by atoms with E-state index in [2.05, 4.69) is 4.74 Å². The highest BCUT2D eigenvalue weighted by Gasteiger charge is 2.30. The van der Waals surface area contributed by atoms with Gasteiger partial charge in [0.25, 0.3) is 0 Å². The summed E-state index contributed by atoms with van der Waals surface area (Å²) in [6.07, 6.45) is -1.30. The molecule has 3 aromatic rings. The van der Waals surface area contributed by atoms with Crippen molar-refractivity contribution in [2.45, 2.75) is 12.7 Å². The second-order valence-corrected chi connectivity index (χ2v) is 6.09. The van der Waals surface area contributed by atoms with E-state index >= 15 is 0 Å². The van der Waals surface area contributed by atoms with Crippen LogP contribution in [0.5, 0.6) is 0 Å². The number of rotatable bonds is 4. The summed E-state index contributed by atoms with van der Waals surface area (Å²) in [4.78, 5) is 11.7. The molecule has 0 N–H and O–H groups in total. The number of esters is 1. The lowest BCUT2D eigenvalue weighted by molar-refractivity contribution is -0.137. The first kappa shape index (κ1) is 19.2. The van der Waals surface area contributed by atoms with Gasteiger partial charge in [0.1, 0.15) is 11.6 Å². The topological polar surface area (TPSA) is 55.0 Å². The van der Waals surface area contributed by atoms with Gasteiger partial charge in [0.05, 0.1) is 12.7 Å². The number of ether oxygens (including phenoxy) is 1. The summed E-state index contributed by atoms with van der Waals surface area (Å²) >= 11 is 0. The number of hydrogen-bond donors (Lipinski definition) is 0. The largest absolute Gasteiger partial charge is 0.465 e. The molecule has 1 heterocycles. The van der Waals surface area contributed by atoms with Crippen LogP contribution in [0.4, 0.5) is 13.2 Å². The van der Waals surface area contributed by atoms with Crippen molar-refractivity contribution in [3.05, 3.63) is 77.0 Å². The van der Waals surface area contributed by atoms with Crippen molar-refractivity contribution in [1.29, 1.82) is 5.26 Å². The maximum absolute atomic E-state index is 13.0.